The van der Waals surface area contributed by atoms with E-state index in [1.165, 1.54) is 74.4 Å². The summed E-state index contributed by atoms with van der Waals surface area (Å²) in [6.07, 6.45) is 0. The van der Waals surface area contributed by atoms with Crippen LogP contribution in [-0.2, 0) is 5.75 Å². The monoisotopic (exact) mass is 754 g/mol. The lowest BCUT2D eigenvalue weighted by Crippen LogP contribution is -2.74. The quantitative estimate of drug-likeness (QED) is 0.124. The molecule has 0 radical (unpaired) electrons. The Kier molecular flexibility index (Phi) is 7.73. The molecular formula is C50H34N2S2Si. The van der Waals surface area contributed by atoms with Crippen LogP contribution >= 0.6 is 23.1 Å². The van der Waals surface area contributed by atoms with Crippen LogP contribution in [0, 0.1) is 0 Å². The summed E-state index contributed by atoms with van der Waals surface area (Å²) in [6, 6.07) is 72.5. The number of imidazole rings is 1. The number of aromatic nitrogens is 2. The van der Waals surface area contributed by atoms with Crippen molar-refractivity contribution in [3.8, 4) is 27.9 Å². The molecule has 3 heterocycles. The molecule has 11 rings (SSSR count). The van der Waals surface area contributed by atoms with Crippen LogP contribution in [0.1, 0.15) is 5.56 Å². The van der Waals surface area contributed by atoms with Crippen molar-refractivity contribution >= 4 is 83.1 Å². The standard InChI is InChI=1S/C50H34N2S2Si/c1-3-17-38(18-4-1)55(39-19-5-2-6-20-39,41-22-12-16-36(31-41)42-24-13-27-48-49(42)43-23-8-10-26-47(43)54-48)40-21-11-15-34(30-40)35-28-29-44-46(32-35)52-45-25-9-7-14-37(45)33-53-50(52)51-44/h1-32H,33H2. The third kappa shape index (κ3) is 5.19. The van der Waals surface area contributed by atoms with Crippen molar-refractivity contribution in [1.29, 1.82) is 0 Å². The second kappa shape index (κ2) is 13.1. The largest absolute Gasteiger partial charge is 0.287 e. The van der Waals surface area contributed by atoms with Crippen molar-refractivity contribution in [2.45, 2.75) is 10.9 Å². The maximum absolute atomic E-state index is 5.06. The van der Waals surface area contributed by atoms with Gasteiger partial charge in [-0.15, -0.1) is 11.3 Å². The molecule has 2 nitrogen and oxygen atoms in total. The molecule has 0 amide bonds. The van der Waals surface area contributed by atoms with Gasteiger partial charge < -0.3 is 0 Å². The van der Waals surface area contributed by atoms with Gasteiger partial charge in [0.2, 0.25) is 0 Å². The van der Waals surface area contributed by atoms with Crippen LogP contribution in [0.5, 0.6) is 0 Å². The molecule has 0 atom stereocenters. The van der Waals surface area contributed by atoms with Gasteiger partial charge >= 0.3 is 0 Å². The Hall–Kier alpha value is -5.98. The van der Waals surface area contributed by atoms with Gasteiger partial charge in [0.15, 0.2) is 13.2 Å². The molecule has 0 fully saturated rings. The lowest BCUT2D eigenvalue weighted by molar-refractivity contribution is 0.894. The Morgan fingerprint density at radius 3 is 1.91 bits per heavy atom. The number of nitrogens with zero attached hydrogens (tertiary/aromatic N) is 2. The van der Waals surface area contributed by atoms with Gasteiger partial charge in [-0.25, -0.2) is 4.98 Å². The summed E-state index contributed by atoms with van der Waals surface area (Å²) >= 11 is 3.69. The van der Waals surface area contributed by atoms with E-state index >= 15 is 0 Å². The SMILES string of the molecule is c1ccc([Si](c2ccccc2)(c2cccc(-c3ccc4nc5n(c4c3)-c3ccccc3CS5)c2)c2cccc(-c3cccc4sc5ccccc5c34)c2)cc1. The Morgan fingerprint density at radius 1 is 0.491 bits per heavy atom. The summed E-state index contributed by atoms with van der Waals surface area (Å²) in [5.41, 5.74) is 9.69. The molecule has 1 aliphatic rings. The molecule has 0 N–H and O–H groups in total. The van der Waals surface area contributed by atoms with Gasteiger partial charge in [0.05, 0.1) is 16.7 Å². The van der Waals surface area contributed by atoms with Gasteiger partial charge in [-0.2, -0.15) is 0 Å². The number of para-hydroxylation sites is 1. The van der Waals surface area contributed by atoms with Crippen LogP contribution in [0.4, 0.5) is 0 Å². The zero-order chi connectivity index (χ0) is 36.3. The van der Waals surface area contributed by atoms with Crippen LogP contribution in [0.3, 0.4) is 0 Å². The first-order chi connectivity index (χ1) is 27.3. The van der Waals surface area contributed by atoms with Gasteiger partial charge in [0, 0.05) is 25.9 Å². The molecule has 55 heavy (non-hydrogen) atoms. The fourth-order valence-electron chi connectivity index (χ4n) is 8.80. The van der Waals surface area contributed by atoms with Gasteiger partial charge in [0.1, 0.15) is 0 Å². The van der Waals surface area contributed by atoms with E-state index in [0.717, 1.165) is 21.9 Å². The van der Waals surface area contributed by atoms with Crippen LogP contribution in [0.15, 0.2) is 199 Å². The van der Waals surface area contributed by atoms with E-state index in [1.54, 1.807) is 0 Å². The van der Waals surface area contributed by atoms with Crippen molar-refractivity contribution in [3.63, 3.8) is 0 Å². The molecule has 0 saturated carbocycles. The Morgan fingerprint density at radius 2 is 1.11 bits per heavy atom. The highest BCUT2D eigenvalue weighted by Gasteiger charge is 2.41. The molecular weight excluding hydrogens is 721 g/mol. The molecule has 1 aliphatic heterocycles. The summed E-state index contributed by atoms with van der Waals surface area (Å²) in [4.78, 5) is 5.06. The smallest absolute Gasteiger partial charge is 0.179 e. The Balaban J connectivity index is 1.14. The number of benzene rings is 8. The molecule has 8 aromatic carbocycles. The summed E-state index contributed by atoms with van der Waals surface area (Å²) in [5, 5.41) is 9.18. The lowest BCUT2D eigenvalue weighted by atomic mass is 10.00. The van der Waals surface area contributed by atoms with Crippen LogP contribution in [0.25, 0.3) is 59.1 Å². The molecule has 260 valence electrons. The molecule has 10 aromatic rings. The average molecular weight is 755 g/mol. The molecule has 5 heteroatoms. The van der Waals surface area contributed by atoms with E-state index in [4.69, 9.17) is 4.98 Å². The minimum atomic E-state index is -2.86. The van der Waals surface area contributed by atoms with E-state index in [0.29, 0.717) is 0 Å². The third-order valence-corrected chi connectivity index (χ3v) is 18.1. The van der Waals surface area contributed by atoms with Crippen molar-refractivity contribution in [3.05, 3.63) is 200 Å². The van der Waals surface area contributed by atoms with Crippen molar-refractivity contribution in [2.75, 3.05) is 0 Å². The predicted molar refractivity (Wildman–Crippen MR) is 238 cm³/mol. The molecule has 0 saturated heterocycles. The highest BCUT2D eigenvalue weighted by molar-refractivity contribution is 7.98. The minimum absolute atomic E-state index is 0.945. The molecule has 0 spiro atoms. The summed E-state index contributed by atoms with van der Waals surface area (Å²) < 4.78 is 5.00. The second-order valence-corrected chi connectivity index (χ2v) is 20.1. The van der Waals surface area contributed by atoms with E-state index in [-0.39, 0.29) is 0 Å². The van der Waals surface area contributed by atoms with E-state index in [1.807, 2.05) is 23.1 Å². The van der Waals surface area contributed by atoms with Gasteiger partial charge in [0.25, 0.3) is 0 Å². The first-order valence-corrected chi connectivity index (χ1v) is 22.5. The molecule has 0 unspecified atom stereocenters. The first-order valence-electron chi connectivity index (χ1n) is 18.7. The van der Waals surface area contributed by atoms with Crippen molar-refractivity contribution < 1.29 is 0 Å². The maximum atomic E-state index is 5.06. The van der Waals surface area contributed by atoms with E-state index in [2.05, 4.69) is 199 Å². The zero-order valence-electron chi connectivity index (χ0n) is 29.9. The Labute approximate surface area is 329 Å². The Bertz CT molecular complexity index is 3020. The number of thioether (sulfide) groups is 1. The fourth-order valence-corrected chi connectivity index (χ4v) is 15.8. The van der Waals surface area contributed by atoms with Crippen LogP contribution < -0.4 is 20.7 Å². The maximum Gasteiger partial charge on any atom is 0.179 e. The zero-order valence-corrected chi connectivity index (χ0v) is 32.5. The summed E-state index contributed by atoms with van der Waals surface area (Å²) in [6.45, 7) is 0. The van der Waals surface area contributed by atoms with Crippen molar-refractivity contribution in [2.24, 2.45) is 0 Å². The van der Waals surface area contributed by atoms with Gasteiger partial charge in [-0.05, 0) is 78.9 Å². The highest BCUT2D eigenvalue weighted by atomic mass is 32.2. The summed E-state index contributed by atoms with van der Waals surface area (Å²) in [7, 11) is -2.86. The van der Waals surface area contributed by atoms with E-state index in [9.17, 15) is 0 Å². The molecule has 2 aromatic heterocycles. The van der Waals surface area contributed by atoms with Gasteiger partial charge in [-0.3, -0.25) is 4.57 Å². The average Bonchev–Trinajstić information content (AvgIpc) is 3.84. The highest BCUT2D eigenvalue weighted by Crippen LogP contribution is 2.40. The molecule has 0 aliphatic carbocycles. The van der Waals surface area contributed by atoms with E-state index < -0.39 is 8.07 Å². The van der Waals surface area contributed by atoms with Crippen LogP contribution in [0.2, 0.25) is 0 Å². The number of hydrogen-bond donors (Lipinski definition) is 0. The lowest BCUT2D eigenvalue weighted by Gasteiger charge is -2.35. The summed E-state index contributed by atoms with van der Waals surface area (Å²) in [5.74, 6) is 0.945. The normalized spacial score (nSPS) is 12.6. The topological polar surface area (TPSA) is 17.8 Å². The number of rotatable bonds is 6. The minimum Gasteiger partial charge on any atom is -0.287 e. The molecule has 0 bridgehead atoms. The second-order valence-electron chi connectivity index (χ2n) is 14.3. The fraction of sp³-hybridized carbons (Fsp3) is 0.0200. The first kappa shape index (κ1) is 32.4. The number of hydrogen-bond acceptors (Lipinski definition) is 3. The predicted octanol–water partition coefficient (Wildman–Crippen LogP) is 10.7. The number of thiophene rings is 1. The number of fused-ring (bicyclic) bond motifs is 8. The third-order valence-electron chi connectivity index (χ3n) is 11.3. The van der Waals surface area contributed by atoms with Crippen molar-refractivity contribution in [1.82, 2.24) is 9.55 Å². The van der Waals surface area contributed by atoms with Crippen LogP contribution in [-0.4, -0.2) is 17.6 Å². The van der Waals surface area contributed by atoms with Gasteiger partial charge in [-0.1, -0.05) is 176 Å².